The highest BCUT2D eigenvalue weighted by Crippen LogP contribution is 2.29. The van der Waals surface area contributed by atoms with E-state index in [-0.39, 0.29) is 5.91 Å². The first-order chi connectivity index (χ1) is 15.0. The average molecular weight is 460 g/mol. The molecule has 1 fully saturated rings. The number of unbranched alkanes of at least 4 members (excludes halogenated alkanes) is 1. The first kappa shape index (κ1) is 22.3. The molecule has 0 saturated carbocycles. The summed E-state index contributed by atoms with van der Waals surface area (Å²) in [5, 5.41) is 9.51. The van der Waals surface area contributed by atoms with Crippen LogP contribution in [0.25, 0.3) is 10.2 Å². The number of carbonyl (C=O) groups excluding carboxylic acids is 1. The fourth-order valence-electron chi connectivity index (χ4n) is 3.94. The summed E-state index contributed by atoms with van der Waals surface area (Å²) in [6.07, 6.45) is 2.12. The molecule has 3 heterocycles. The van der Waals surface area contributed by atoms with E-state index in [1.165, 1.54) is 11.3 Å². The van der Waals surface area contributed by atoms with Gasteiger partial charge >= 0.3 is 0 Å². The molecule has 1 aliphatic rings. The molecule has 6 nitrogen and oxygen atoms in total. The van der Waals surface area contributed by atoms with Crippen molar-refractivity contribution in [2.75, 3.05) is 46.3 Å². The molecular weight excluding hydrogens is 430 g/mol. The molecule has 1 amide bonds. The third-order valence-electron chi connectivity index (χ3n) is 5.89. The summed E-state index contributed by atoms with van der Waals surface area (Å²) in [5.74, 6) is 0.00416. The van der Waals surface area contributed by atoms with Gasteiger partial charge in [0.05, 0.1) is 17.1 Å². The number of rotatable bonds is 8. The van der Waals surface area contributed by atoms with Crippen molar-refractivity contribution in [2.24, 2.45) is 0 Å². The number of aromatic nitrogens is 2. The minimum absolute atomic E-state index is 0.00416. The van der Waals surface area contributed by atoms with Crippen LogP contribution < -0.4 is 5.32 Å². The molecule has 8 heteroatoms. The number of fused-ring (bicyclic) bond motifs is 1. The molecule has 0 aliphatic carbocycles. The van der Waals surface area contributed by atoms with Crippen molar-refractivity contribution in [1.82, 2.24) is 24.9 Å². The Morgan fingerprint density at radius 1 is 1.19 bits per heavy atom. The average Bonchev–Trinajstić information content (AvgIpc) is 3.32. The van der Waals surface area contributed by atoms with Gasteiger partial charge in [0.25, 0.3) is 5.91 Å². The van der Waals surface area contributed by atoms with Gasteiger partial charge in [-0.2, -0.15) is 5.10 Å². The van der Waals surface area contributed by atoms with Gasteiger partial charge in [-0.1, -0.05) is 29.8 Å². The van der Waals surface area contributed by atoms with Crippen LogP contribution in [0.3, 0.4) is 0 Å². The zero-order valence-electron chi connectivity index (χ0n) is 18.2. The van der Waals surface area contributed by atoms with Crippen LogP contribution in [0.5, 0.6) is 0 Å². The first-order valence-electron chi connectivity index (χ1n) is 10.9. The summed E-state index contributed by atoms with van der Waals surface area (Å²) in [7, 11) is 2.18. The number of thiophene rings is 1. The highest BCUT2D eigenvalue weighted by atomic mass is 35.5. The topological polar surface area (TPSA) is 53.4 Å². The summed E-state index contributed by atoms with van der Waals surface area (Å²) in [5.41, 5.74) is 1.96. The Morgan fingerprint density at radius 2 is 1.97 bits per heavy atom. The van der Waals surface area contributed by atoms with Crippen molar-refractivity contribution in [2.45, 2.75) is 26.3 Å². The van der Waals surface area contributed by atoms with Crippen molar-refractivity contribution in [3.8, 4) is 0 Å². The second-order valence-corrected chi connectivity index (χ2v) is 9.71. The van der Waals surface area contributed by atoms with Gasteiger partial charge in [-0.25, -0.2) is 0 Å². The van der Waals surface area contributed by atoms with E-state index in [0.717, 1.165) is 76.9 Å². The highest BCUT2D eigenvalue weighted by molar-refractivity contribution is 7.20. The van der Waals surface area contributed by atoms with E-state index in [0.29, 0.717) is 13.1 Å². The van der Waals surface area contributed by atoms with Crippen molar-refractivity contribution >= 4 is 39.1 Å². The Kier molecular flexibility index (Phi) is 7.27. The van der Waals surface area contributed by atoms with E-state index >= 15 is 0 Å². The summed E-state index contributed by atoms with van der Waals surface area (Å²) in [6, 6.07) is 9.77. The maximum absolute atomic E-state index is 12.7. The van der Waals surface area contributed by atoms with E-state index in [2.05, 4.69) is 27.3 Å². The number of amides is 1. The number of halogens is 1. The molecule has 0 bridgehead atoms. The van der Waals surface area contributed by atoms with Crippen molar-refractivity contribution < 1.29 is 4.79 Å². The fraction of sp³-hybridized carbons (Fsp3) is 0.478. The summed E-state index contributed by atoms with van der Waals surface area (Å²) in [4.78, 5) is 19.3. The van der Waals surface area contributed by atoms with Crippen LogP contribution >= 0.6 is 22.9 Å². The third-order valence-corrected chi connectivity index (χ3v) is 7.41. The van der Waals surface area contributed by atoms with Gasteiger partial charge in [0, 0.05) is 43.1 Å². The first-order valence-corrected chi connectivity index (χ1v) is 12.1. The van der Waals surface area contributed by atoms with Gasteiger partial charge in [0.2, 0.25) is 0 Å². The molecule has 1 aromatic carbocycles. The summed E-state index contributed by atoms with van der Waals surface area (Å²) in [6.45, 7) is 9.00. The van der Waals surface area contributed by atoms with Crippen molar-refractivity contribution in [3.05, 3.63) is 51.5 Å². The van der Waals surface area contributed by atoms with Crippen LogP contribution in [0.1, 0.15) is 33.8 Å². The van der Waals surface area contributed by atoms with Gasteiger partial charge in [-0.3, -0.25) is 9.48 Å². The Labute approximate surface area is 192 Å². The normalized spacial score (nSPS) is 15.6. The molecule has 2 aromatic heterocycles. The Hall–Kier alpha value is -1.93. The third kappa shape index (κ3) is 5.47. The van der Waals surface area contributed by atoms with Crippen LogP contribution in [0.2, 0.25) is 5.02 Å². The van der Waals surface area contributed by atoms with E-state index < -0.39 is 0 Å². The molecule has 1 saturated heterocycles. The molecule has 4 rings (SSSR count). The smallest absolute Gasteiger partial charge is 0.261 e. The predicted molar refractivity (Wildman–Crippen MR) is 128 cm³/mol. The van der Waals surface area contributed by atoms with Gasteiger partial charge in [0.1, 0.15) is 4.83 Å². The molecule has 0 unspecified atom stereocenters. The number of hydrogen-bond donors (Lipinski definition) is 1. The van der Waals surface area contributed by atoms with E-state index in [9.17, 15) is 4.79 Å². The largest absolute Gasteiger partial charge is 0.351 e. The zero-order valence-corrected chi connectivity index (χ0v) is 19.8. The van der Waals surface area contributed by atoms with Crippen LogP contribution in [-0.4, -0.2) is 71.8 Å². The maximum Gasteiger partial charge on any atom is 0.261 e. The molecule has 1 aliphatic heterocycles. The minimum Gasteiger partial charge on any atom is -0.351 e. The highest BCUT2D eigenvalue weighted by Gasteiger charge is 2.17. The number of nitrogens with one attached hydrogen (secondary N) is 1. The predicted octanol–water partition coefficient (Wildman–Crippen LogP) is 3.87. The van der Waals surface area contributed by atoms with Crippen LogP contribution in [0, 0.1) is 6.92 Å². The molecular formula is C23H30ClN5OS. The van der Waals surface area contributed by atoms with Crippen LogP contribution in [0.15, 0.2) is 30.3 Å². The van der Waals surface area contributed by atoms with Gasteiger partial charge in [-0.05, 0) is 51.1 Å². The lowest BCUT2D eigenvalue weighted by Crippen LogP contribution is -2.44. The van der Waals surface area contributed by atoms with Crippen molar-refractivity contribution in [3.63, 3.8) is 0 Å². The van der Waals surface area contributed by atoms with Crippen LogP contribution in [-0.2, 0) is 6.54 Å². The molecule has 3 aromatic rings. The quantitative estimate of drug-likeness (QED) is 0.519. The second-order valence-electron chi connectivity index (χ2n) is 8.27. The Bertz CT molecular complexity index is 1040. The Morgan fingerprint density at radius 3 is 2.74 bits per heavy atom. The van der Waals surface area contributed by atoms with Gasteiger partial charge < -0.3 is 15.1 Å². The fourth-order valence-corrected chi connectivity index (χ4v) is 5.21. The lowest BCUT2D eigenvalue weighted by Gasteiger charge is -2.32. The number of hydrogen-bond acceptors (Lipinski definition) is 5. The molecule has 0 spiro atoms. The second kappa shape index (κ2) is 10.1. The van der Waals surface area contributed by atoms with Gasteiger partial charge in [-0.15, -0.1) is 11.3 Å². The molecule has 1 N–H and O–H groups in total. The summed E-state index contributed by atoms with van der Waals surface area (Å²) < 4.78 is 1.95. The SMILES string of the molecule is Cc1nn(Cc2ccccc2Cl)c2sc(C(=O)NCCCCN3CCN(C)CC3)cc12. The molecule has 31 heavy (non-hydrogen) atoms. The standard InChI is InChI=1S/C23H30ClN5OS/c1-17-19-15-21(22(30)25-9-5-6-10-28-13-11-27(2)12-14-28)31-23(19)29(26-17)16-18-7-3-4-8-20(18)24/h3-4,7-8,15H,5-6,9-14,16H2,1-2H3,(H,25,30). The van der Waals surface area contributed by atoms with E-state index in [4.69, 9.17) is 11.6 Å². The maximum atomic E-state index is 12.7. The Balaban J connectivity index is 1.31. The molecule has 0 radical (unpaired) electrons. The number of nitrogens with zero attached hydrogens (tertiary/aromatic N) is 4. The number of aryl methyl sites for hydroxylation is 1. The molecule has 166 valence electrons. The number of likely N-dealkylation sites (N-methyl/N-ethyl adjacent to an activating group) is 1. The van der Waals surface area contributed by atoms with E-state index in [1.54, 1.807) is 0 Å². The summed E-state index contributed by atoms with van der Waals surface area (Å²) >= 11 is 7.82. The number of benzene rings is 1. The zero-order chi connectivity index (χ0) is 21.8. The van der Waals surface area contributed by atoms with Crippen LogP contribution in [0.4, 0.5) is 0 Å². The van der Waals surface area contributed by atoms with Gasteiger partial charge in [0.15, 0.2) is 0 Å². The van der Waals surface area contributed by atoms with Crippen molar-refractivity contribution in [1.29, 1.82) is 0 Å². The number of carbonyl (C=O) groups is 1. The lowest BCUT2D eigenvalue weighted by atomic mass is 10.2. The monoisotopic (exact) mass is 459 g/mol. The number of piperazine rings is 1. The van der Waals surface area contributed by atoms with E-state index in [1.807, 2.05) is 41.9 Å². The minimum atomic E-state index is 0.00416. The molecule has 0 atom stereocenters. The lowest BCUT2D eigenvalue weighted by molar-refractivity contribution is 0.0956.